The Bertz CT molecular complexity index is 1680. The van der Waals surface area contributed by atoms with Gasteiger partial charge < -0.3 is 40.1 Å². The van der Waals surface area contributed by atoms with Crippen molar-refractivity contribution in [3.05, 3.63) is 35.2 Å². The van der Waals surface area contributed by atoms with Gasteiger partial charge in [-0.1, -0.05) is 19.3 Å². The lowest BCUT2D eigenvalue weighted by Gasteiger charge is -2.34. The SMILES string of the molecule is Cc1cc(Nc2ncnc(N(C(=O)OC(C)(C)C)C(=O)OC(C)(C)C)c2OCCCC(C)(C)OC(=O)OC(N)=O)cc2c1C(=O)NC21CCCCC1. The first-order chi connectivity index (χ1) is 24.1. The highest BCUT2D eigenvalue weighted by Crippen LogP contribution is 2.45. The van der Waals surface area contributed by atoms with Crippen molar-refractivity contribution in [2.24, 2.45) is 5.73 Å². The maximum atomic E-state index is 13.7. The van der Waals surface area contributed by atoms with Crippen LogP contribution in [-0.4, -0.2) is 63.7 Å². The van der Waals surface area contributed by atoms with Gasteiger partial charge in [0.25, 0.3) is 5.91 Å². The summed E-state index contributed by atoms with van der Waals surface area (Å²) in [5, 5.41) is 6.52. The number of hydrogen-bond acceptors (Lipinski definition) is 13. The number of anilines is 3. The molecule has 16 nitrogen and oxygen atoms in total. The molecule has 1 aliphatic heterocycles. The molecule has 0 unspecified atom stereocenters. The molecule has 1 aliphatic carbocycles. The molecule has 16 heteroatoms. The number of imide groups is 1. The molecule has 1 spiro atoms. The number of primary amides is 1. The van der Waals surface area contributed by atoms with E-state index in [0.717, 1.165) is 43.2 Å². The lowest BCUT2D eigenvalue weighted by molar-refractivity contribution is -0.00701. The van der Waals surface area contributed by atoms with Crippen LogP contribution in [0.25, 0.3) is 0 Å². The molecule has 4 amide bonds. The summed E-state index contributed by atoms with van der Waals surface area (Å²) in [6, 6.07) is 3.73. The number of benzene rings is 1. The Morgan fingerprint density at radius 3 is 2.12 bits per heavy atom. The maximum Gasteiger partial charge on any atom is 0.517 e. The molecule has 0 bridgehead atoms. The number of nitrogens with one attached hydrogen (secondary N) is 2. The van der Waals surface area contributed by atoms with Crippen LogP contribution in [0.15, 0.2) is 18.5 Å². The molecule has 1 aromatic heterocycles. The third kappa shape index (κ3) is 10.0. The normalized spacial score (nSPS) is 15.2. The fraction of sp³-hybridized carbons (Fsp3) is 0.583. The first kappa shape index (κ1) is 39.6. The average molecular weight is 727 g/mol. The van der Waals surface area contributed by atoms with Crippen LogP contribution >= 0.6 is 0 Å². The number of nitrogens with two attached hydrogens (primary N) is 1. The number of carbonyl (C=O) groups is 5. The van der Waals surface area contributed by atoms with Crippen LogP contribution in [0.2, 0.25) is 0 Å². The third-order valence-corrected chi connectivity index (χ3v) is 8.26. The molecule has 0 saturated heterocycles. The molecule has 284 valence electrons. The van der Waals surface area contributed by atoms with Crippen molar-refractivity contribution in [3.8, 4) is 5.75 Å². The van der Waals surface area contributed by atoms with E-state index in [2.05, 4.69) is 25.3 Å². The number of nitrogens with zero attached hydrogens (tertiary/aromatic N) is 3. The molecule has 4 N–H and O–H groups in total. The summed E-state index contributed by atoms with van der Waals surface area (Å²) >= 11 is 0. The molecule has 2 heterocycles. The highest BCUT2D eigenvalue weighted by atomic mass is 16.8. The zero-order chi connectivity index (χ0) is 38.6. The summed E-state index contributed by atoms with van der Waals surface area (Å²) in [5.74, 6) is -0.322. The Morgan fingerprint density at radius 2 is 1.54 bits per heavy atom. The second-order valence-corrected chi connectivity index (χ2v) is 15.6. The number of fused-ring (bicyclic) bond motifs is 2. The van der Waals surface area contributed by atoms with E-state index in [1.54, 1.807) is 55.4 Å². The smallest absolute Gasteiger partial charge is 0.486 e. The Hall–Kier alpha value is -5.15. The van der Waals surface area contributed by atoms with E-state index < -0.39 is 46.8 Å². The van der Waals surface area contributed by atoms with Gasteiger partial charge in [0, 0.05) is 11.3 Å². The van der Waals surface area contributed by atoms with Crippen molar-refractivity contribution in [1.82, 2.24) is 15.3 Å². The van der Waals surface area contributed by atoms with Gasteiger partial charge in [0.2, 0.25) is 5.75 Å². The molecule has 0 radical (unpaired) electrons. The van der Waals surface area contributed by atoms with E-state index in [1.807, 2.05) is 19.1 Å². The predicted octanol–water partition coefficient (Wildman–Crippen LogP) is 7.28. The Kier molecular flexibility index (Phi) is 11.6. The zero-order valence-electron chi connectivity index (χ0n) is 31.4. The maximum absolute atomic E-state index is 13.7. The van der Waals surface area contributed by atoms with E-state index in [9.17, 15) is 24.0 Å². The van der Waals surface area contributed by atoms with Gasteiger partial charge in [0.1, 0.15) is 23.1 Å². The number of aromatic nitrogens is 2. The lowest BCUT2D eigenvalue weighted by Crippen LogP contribution is -2.44. The van der Waals surface area contributed by atoms with E-state index in [1.165, 1.54) is 6.33 Å². The molecule has 0 atom stereocenters. The van der Waals surface area contributed by atoms with E-state index in [-0.39, 0.29) is 42.7 Å². The molecule has 2 aromatic rings. The van der Waals surface area contributed by atoms with Crippen LogP contribution in [0.1, 0.15) is 122 Å². The van der Waals surface area contributed by atoms with Gasteiger partial charge in [-0.05, 0) is 111 Å². The largest absolute Gasteiger partial charge is 0.517 e. The van der Waals surface area contributed by atoms with Crippen molar-refractivity contribution >= 4 is 47.7 Å². The van der Waals surface area contributed by atoms with Gasteiger partial charge in [0.15, 0.2) is 11.6 Å². The highest BCUT2D eigenvalue weighted by Gasteiger charge is 2.44. The quantitative estimate of drug-likeness (QED) is 0.100. The first-order valence-electron chi connectivity index (χ1n) is 17.3. The summed E-state index contributed by atoms with van der Waals surface area (Å²) in [5.41, 5.74) is 4.28. The summed E-state index contributed by atoms with van der Waals surface area (Å²) in [4.78, 5) is 72.7. The topological polar surface area (TPSA) is 211 Å². The van der Waals surface area contributed by atoms with E-state index >= 15 is 0 Å². The number of amides is 4. The fourth-order valence-corrected chi connectivity index (χ4v) is 6.23. The predicted molar refractivity (Wildman–Crippen MR) is 190 cm³/mol. The van der Waals surface area contributed by atoms with Crippen LogP contribution in [0.5, 0.6) is 5.75 Å². The van der Waals surface area contributed by atoms with Gasteiger partial charge in [0.05, 0.1) is 12.1 Å². The van der Waals surface area contributed by atoms with E-state index in [0.29, 0.717) is 16.2 Å². The van der Waals surface area contributed by atoms with Crippen molar-refractivity contribution in [3.63, 3.8) is 0 Å². The molecule has 52 heavy (non-hydrogen) atoms. The van der Waals surface area contributed by atoms with Crippen LogP contribution in [-0.2, 0) is 24.5 Å². The molecular weight excluding hydrogens is 676 g/mol. The second kappa shape index (κ2) is 15.2. The number of carbonyl (C=O) groups excluding carboxylic acids is 5. The third-order valence-electron chi connectivity index (χ3n) is 8.26. The van der Waals surface area contributed by atoms with Crippen molar-refractivity contribution in [2.45, 2.75) is 130 Å². The molecule has 4 rings (SSSR count). The van der Waals surface area contributed by atoms with Gasteiger partial charge >= 0.3 is 24.4 Å². The molecular formula is C36H50N6O10. The van der Waals surface area contributed by atoms with Crippen LogP contribution < -0.4 is 26.0 Å². The lowest BCUT2D eigenvalue weighted by atomic mass is 9.77. The average Bonchev–Trinajstić information content (AvgIpc) is 3.24. The second-order valence-electron chi connectivity index (χ2n) is 15.6. The van der Waals surface area contributed by atoms with Crippen LogP contribution in [0.3, 0.4) is 0 Å². The van der Waals surface area contributed by atoms with Gasteiger partial charge in [-0.25, -0.2) is 29.1 Å². The summed E-state index contributed by atoms with van der Waals surface area (Å²) in [7, 11) is 0. The standard InChI is InChI=1S/C36H50N6O10/c1-21-18-22(19-23-24(21)28(43)41-36(23)15-11-10-12-16-36)40-26-25(48-17-13-14-35(8,9)52-32(47)49-29(37)44)27(39-20-38-26)42(30(45)50-33(2,3)4)31(46)51-34(5,6)7/h18-20H,10-17H2,1-9H3,(H2,37,44)(H,41,43)(H,38,39,40). The zero-order valence-corrected chi connectivity index (χ0v) is 31.4. The van der Waals surface area contributed by atoms with Gasteiger partial charge in [-0.15, -0.1) is 0 Å². The van der Waals surface area contributed by atoms with Gasteiger partial charge in [-0.2, -0.15) is 4.90 Å². The first-order valence-corrected chi connectivity index (χ1v) is 17.3. The van der Waals surface area contributed by atoms with E-state index in [4.69, 9.17) is 24.7 Å². The molecule has 2 aliphatic rings. The molecule has 1 aromatic carbocycles. The number of hydrogen-bond donors (Lipinski definition) is 3. The van der Waals surface area contributed by atoms with Crippen molar-refractivity contribution in [1.29, 1.82) is 0 Å². The Morgan fingerprint density at radius 1 is 0.923 bits per heavy atom. The Balaban J connectivity index is 1.74. The fourth-order valence-electron chi connectivity index (χ4n) is 6.23. The molecule has 1 saturated carbocycles. The monoisotopic (exact) mass is 726 g/mol. The van der Waals surface area contributed by atoms with Crippen molar-refractivity contribution < 1.29 is 47.7 Å². The number of rotatable bonds is 9. The summed E-state index contributed by atoms with van der Waals surface area (Å²) in [6.07, 6.45) is 1.74. The summed E-state index contributed by atoms with van der Waals surface area (Å²) < 4.78 is 26.9. The highest BCUT2D eigenvalue weighted by molar-refractivity contribution is 6.10. The number of aryl methyl sites for hydroxylation is 1. The minimum Gasteiger partial charge on any atom is -0.486 e. The van der Waals surface area contributed by atoms with Gasteiger partial charge in [-0.3, -0.25) is 4.79 Å². The molecule has 1 fully saturated rings. The number of ether oxygens (including phenoxy) is 5. The van der Waals surface area contributed by atoms with Crippen LogP contribution in [0.4, 0.5) is 36.5 Å². The summed E-state index contributed by atoms with van der Waals surface area (Å²) in [6.45, 7) is 15.0. The Labute approximate surface area is 303 Å². The van der Waals surface area contributed by atoms with Crippen LogP contribution in [0, 0.1) is 6.92 Å². The van der Waals surface area contributed by atoms with Crippen molar-refractivity contribution in [2.75, 3.05) is 16.8 Å². The minimum atomic E-state index is -1.30. The minimum absolute atomic E-state index is 0.0338.